The van der Waals surface area contributed by atoms with E-state index in [0.717, 1.165) is 17.1 Å². The van der Waals surface area contributed by atoms with Gasteiger partial charge in [0.25, 0.3) is 11.8 Å². The van der Waals surface area contributed by atoms with Crippen molar-refractivity contribution in [3.8, 4) is 0 Å². The maximum absolute atomic E-state index is 11.7. The number of nitrogens with one attached hydrogen (secondary N) is 2. The fraction of sp³-hybridized carbons (Fsp3) is 0.619. The average Bonchev–Trinajstić information content (AvgIpc) is 3.12. The fourth-order valence-electron chi connectivity index (χ4n) is 2.71. The summed E-state index contributed by atoms with van der Waals surface area (Å²) in [5.41, 5.74) is 0. The monoisotopic (exact) mass is 501 g/mol. The van der Waals surface area contributed by atoms with Crippen LogP contribution < -0.4 is 10.6 Å². The van der Waals surface area contributed by atoms with Gasteiger partial charge in [-0.25, -0.2) is 4.79 Å². The molecular formula is C21H31N3O11. The summed E-state index contributed by atoms with van der Waals surface area (Å²) >= 11 is 0. The molecule has 1 aliphatic rings. The van der Waals surface area contributed by atoms with Gasteiger partial charge in [0.1, 0.15) is 6.04 Å². The number of rotatable bonds is 20. The molecule has 0 fully saturated rings. The van der Waals surface area contributed by atoms with Crippen molar-refractivity contribution in [3.63, 3.8) is 0 Å². The Balaban J connectivity index is 1.92. The smallest absolute Gasteiger partial charge is 0.326 e. The molecule has 14 heteroatoms. The molecule has 1 unspecified atom stereocenters. The van der Waals surface area contributed by atoms with Crippen LogP contribution in [0.4, 0.5) is 0 Å². The molecular weight excluding hydrogens is 470 g/mol. The first-order valence-electron chi connectivity index (χ1n) is 11.0. The van der Waals surface area contributed by atoms with Gasteiger partial charge in [0.2, 0.25) is 11.8 Å². The maximum atomic E-state index is 11.7. The number of carbonyl (C=O) groups is 6. The Morgan fingerprint density at radius 2 is 1.37 bits per heavy atom. The highest BCUT2D eigenvalue weighted by molar-refractivity contribution is 6.13. The summed E-state index contributed by atoms with van der Waals surface area (Å²) in [5.74, 6) is -4.17. The van der Waals surface area contributed by atoms with Gasteiger partial charge >= 0.3 is 11.9 Å². The highest BCUT2D eigenvalue weighted by Crippen LogP contribution is 2.04. The lowest BCUT2D eigenvalue weighted by molar-refractivity contribution is -0.143. The van der Waals surface area contributed by atoms with Crippen molar-refractivity contribution in [1.82, 2.24) is 15.5 Å². The number of aliphatic carboxylic acids is 2. The van der Waals surface area contributed by atoms with Crippen molar-refractivity contribution in [2.45, 2.75) is 31.7 Å². The van der Waals surface area contributed by atoms with Crippen LogP contribution in [0.3, 0.4) is 0 Å². The molecule has 1 rings (SSSR count). The van der Waals surface area contributed by atoms with E-state index in [0.29, 0.717) is 0 Å². The molecule has 0 bridgehead atoms. The van der Waals surface area contributed by atoms with E-state index in [1.165, 1.54) is 0 Å². The van der Waals surface area contributed by atoms with Crippen LogP contribution in [-0.4, -0.2) is 109 Å². The van der Waals surface area contributed by atoms with E-state index in [9.17, 15) is 28.8 Å². The first-order valence-corrected chi connectivity index (χ1v) is 11.0. The van der Waals surface area contributed by atoms with Gasteiger partial charge in [0, 0.05) is 44.5 Å². The molecule has 0 aromatic carbocycles. The van der Waals surface area contributed by atoms with Crippen LogP contribution in [0.2, 0.25) is 0 Å². The summed E-state index contributed by atoms with van der Waals surface area (Å²) in [6.45, 7) is 1.63. The Morgan fingerprint density at radius 1 is 0.800 bits per heavy atom. The van der Waals surface area contributed by atoms with E-state index < -0.39 is 35.7 Å². The maximum Gasteiger partial charge on any atom is 0.326 e. The molecule has 1 heterocycles. The van der Waals surface area contributed by atoms with Gasteiger partial charge in [-0.05, 0) is 6.42 Å². The predicted octanol–water partition coefficient (Wildman–Crippen LogP) is -1.71. The Kier molecular flexibility index (Phi) is 14.5. The van der Waals surface area contributed by atoms with Gasteiger partial charge in [-0.1, -0.05) is 0 Å². The van der Waals surface area contributed by atoms with Gasteiger partial charge < -0.3 is 35.1 Å². The van der Waals surface area contributed by atoms with Crippen LogP contribution in [0.5, 0.6) is 0 Å². The molecule has 0 radical (unpaired) electrons. The van der Waals surface area contributed by atoms with Crippen LogP contribution in [0.25, 0.3) is 0 Å². The Bertz CT molecular complexity index is 766. The second-order valence-corrected chi connectivity index (χ2v) is 7.24. The summed E-state index contributed by atoms with van der Waals surface area (Å²) in [4.78, 5) is 68.7. The number of carbonyl (C=O) groups excluding carboxylic acids is 4. The third-order valence-corrected chi connectivity index (χ3v) is 4.53. The lowest BCUT2D eigenvalue weighted by Crippen LogP contribution is -2.41. The normalized spacial score (nSPS) is 13.7. The van der Waals surface area contributed by atoms with Gasteiger partial charge in [0.05, 0.1) is 39.6 Å². The standard InChI is InChI=1S/C21H31N3O11/c25-16(5-8-24-18(27)2-3-19(24)28)22-7-10-34-12-14-35-13-11-33-9-6-17(26)23-15(21(31)32)1-4-20(29)30/h2-3,15H,1,4-14H2,(H,22,25)(H,23,26)(H,29,30)(H,31,32). The molecule has 1 atom stereocenters. The van der Waals surface area contributed by atoms with Crippen molar-refractivity contribution in [2.24, 2.45) is 0 Å². The van der Waals surface area contributed by atoms with Gasteiger partial charge in [0.15, 0.2) is 0 Å². The van der Waals surface area contributed by atoms with E-state index in [2.05, 4.69) is 10.6 Å². The van der Waals surface area contributed by atoms with E-state index in [1.54, 1.807) is 0 Å². The molecule has 0 saturated carbocycles. The molecule has 0 spiro atoms. The second-order valence-electron chi connectivity index (χ2n) is 7.24. The van der Waals surface area contributed by atoms with Crippen molar-refractivity contribution >= 4 is 35.6 Å². The van der Waals surface area contributed by atoms with Crippen molar-refractivity contribution in [3.05, 3.63) is 12.2 Å². The van der Waals surface area contributed by atoms with Crippen molar-refractivity contribution < 1.29 is 53.2 Å². The highest BCUT2D eigenvalue weighted by atomic mass is 16.5. The SMILES string of the molecule is O=C(O)CCC(NC(=O)CCOCCOCCOCCNC(=O)CCN1C(=O)C=CC1=O)C(=O)O. The zero-order valence-electron chi connectivity index (χ0n) is 19.2. The average molecular weight is 501 g/mol. The summed E-state index contributed by atoms with van der Waals surface area (Å²) in [5, 5.41) is 22.4. The van der Waals surface area contributed by atoms with Gasteiger partial charge in [-0.15, -0.1) is 0 Å². The second kappa shape index (κ2) is 17.1. The molecule has 35 heavy (non-hydrogen) atoms. The molecule has 14 nitrogen and oxygen atoms in total. The predicted molar refractivity (Wildman–Crippen MR) is 117 cm³/mol. The fourth-order valence-corrected chi connectivity index (χ4v) is 2.71. The highest BCUT2D eigenvalue weighted by Gasteiger charge is 2.23. The molecule has 0 aromatic rings. The number of hydrogen-bond acceptors (Lipinski definition) is 9. The number of ether oxygens (including phenoxy) is 3. The molecule has 1 aliphatic heterocycles. The number of hydrogen-bond donors (Lipinski definition) is 4. The van der Waals surface area contributed by atoms with Crippen LogP contribution in [0, 0.1) is 0 Å². The summed E-state index contributed by atoms with van der Waals surface area (Å²) in [7, 11) is 0. The van der Waals surface area contributed by atoms with Crippen LogP contribution in [0.1, 0.15) is 25.7 Å². The van der Waals surface area contributed by atoms with Crippen molar-refractivity contribution in [1.29, 1.82) is 0 Å². The van der Waals surface area contributed by atoms with Gasteiger partial charge in [-0.3, -0.25) is 28.9 Å². The lowest BCUT2D eigenvalue weighted by Gasteiger charge is -2.13. The lowest BCUT2D eigenvalue weighted by atomic mass is 10.1. The Labute approximate surface area is 201 Å². The minimum Gasteiger partial charge on any atom is -0.481 e. The van der Waals surface area contributed by atoms with Crippen LogP contribution in [-0.2, 0) is 43.0 Å². The van der Waals surface area contributed by atoms with Crippen LogP contribution >= 0.6 is 0 Å². The molecule has 0 saturated heterocycles. The number of nitrogens with zero attached hydrogens (tertiary/aromatic N) is 1. The quantitative estimate of drug-likeness (QED) is 0.109. The number of imide groups is 1. The zero-order valence-corrected chi connectivity index (χ0v) is 19.2. The number of carboxylic acids is 2. The Hall–Kier alpha value is -3.36. The van der Waals surface area contributed by atoms with E-state index >= 15 is 0 Å². The third kappa shape index (κ3) is 13.8. The Morgan fingerprint density at radius 3 is 1.94 bits per heavy atom. The molecule has 4 N–H and O–H groups in total. The van der Waals surface area contributed by atoms with E-state index in [4.69, 9.17) is 24.4 Å². The van der Waals surface area contributed by atoms with Crippen LogP contribution in [0.15, 0.2) is 12.2 Å². The molecule has 4 amide bonds. The largest absolute Gasteiger partial charge is 0.481 e. The molecule has 196 valence electrons. The van der Waals surface area contributed by atoms with Gasteiger partial charge in [-0.2, -0.15) is 0 Å². The number of amides is 4. The van der Waals surface area contributed by atoms with E-state index in [-0.39, 0.29) is 84.3 Å². The minimum atomic E-state index is -1.30. The minimum absolute atomic E-state index is 0.00872. The summed E-state index contributed by atoms with van der Waals surface area (Å²) in [6.07, 6.45) is 1.68. The topological polar surface area (TPSA) is 198 Å². The van der Waals surface area contributed by atoms with E-state index in [1.807, 2.05) is 0 Å². The molecule has 0 aliphatic carbocycles. The zero-order chi connectivity index (χ0) is 26.1. The number of carboxylic acid groups (broad SMARTS) is 2. The summed E-state index contributed by atoms with van der Waals surface area (Å²) in [6, 6.07) is -1.26. The molecule has 0 aromatic heterocycles. The van der Waals surface area contributed by atoms with Crippen molar-refractivity contribution in [2.75, 3.05) is 52.7 Å². The first kappa shape index (κ1) is 29.7. The summed E-state index contributed by atoms with van der Waals surface area (Å²) < 4.78 is 15.8. The third-order valence-electron chi connectivity index (χ3n) is 4.53. The first-order chi connectivity index (χ1) is 16.7.